The van der Waals surface area contributed by atoms with Crippen LogP contribution in [0.5, 0.6) is 11.5 Å². The number of thioether (sulfide) groups is 1. The lowest BCUT2D eigenvalue weighted by atomic mass is 10.2. The van der Waals surface area contributed by atoms with Crippen molar-refractivity contribution in [1.82, 2.24) is 5.32 Å². The summed E-state index contributed by atoms with van der Waals surface area (Å²) in [4.78, 5) is 0. The third-order valence-electron chi connectivity index (χ3n) is 2.77. The summed E-state index contributed by atoms with van der Waals surface area (Å²) in [5, 5.41) is 4.04. The fourth-order valence-corrected chi connectivity index (χ4v) is 2.63. The molecule has 2 rings (SSSR count). The van der Waals surface area contributed by atoms with Crippen LogP contribution < -0.4 is 14.8 Å². The van der Waals surface area contributed by atoms with Gasteiger partial charge >= 0.3 is 0 Å². The van der Waals surface area contributed by atoms with Crippen LogP contribution in [-0.4, -0.2) is 25.3 Å². The summed E-state index contributed by atoms with van der Waals surface area (Å²) >= 11 is 8.02. The first-order valence-corrected chi connectivity index (χ1v) is 7.86. The second-order valence-corrected chi connectivity index (χ2v) is 5.58. The minimum atomic E-state index is 0.265. The zero-order valence-electron chi connectivity index (χ0n) is 10.5. The molecule has 0 saturated heterocycles. The minimum Gasteiger partial charge on any atom is -0.454 e. The van der Waals surface area contributed by atoms with Gasteiger partial charge in [-0.15, -0.1) is 0 Å². The fraction of sp³-hybridized carbons (Fsp3) is 0.538. The van der Waals surface area contributed by atoms with Crippen molar-refractivity contribution in [2.75, 3.05) is 25.3 Å². The molecule has 1 aromatic carbocycles. The van der Waals surface area contributed by atoms with E-state index in [9.17, 15) is 0 Å². The molecular weight excluding hydrogens is 270 g/mol. The molecule has 0 aromatic heterocycles. The summed E-state index contributed by atoms with van der Waals surface area (Å²) in [6.07, 6.45) is 4.61. The van der Waals surface area contributed by atoms with Gasteiger partial charge in [0.1, 0.15) is 0 Å². The Morgan fingerprint density at radius 2 is 2.22 bits per heavy atom. The summed E-state index contributed by atoms with van der Waals surface area (Å²) < 4.78 is 10.6. The Morgan fingerprint density at radius 1 is 1.33 bits per heavy atom. The van der Waals surface area contributed by atoms with Gasteiger partial charge in [-0.3, -0.25) is 0 Å². The summed E-state index contributed by atoms with van der Waals surface area (Å²) in [6.45, 7) is 2.11. The highest BCUT2D eigenvalue weighted by Gasteiger charge is 2.17. The van der Waals surface area contributed by atoms with Crippen molar-refractivity contribution in [2.24, 2.45) is 0 Å². The van der Waals surface area contributed by atoms with E-state index in [0.29, 0.717) is 10.8 Å². The van der Waals surface area contributed by atoms with E-state index in [1.807, 2.05) is 23.9 Å². The van der Waals surface area contributed by atoms with E-state index in [4.69, 9.17) is 21.1 Å². The number of hydrogen-bond donors (Lipinski definition) is 1. The van der Waals surface area contributed by atoms with Gasteiger partial charge in [0.05, 0.1) is 5.02 Å². The first-order valence-electron chi connectivity index (χ1n) is 6.09. The minimum absolute atomic E-state index is 0.265. The van der Waals surface area contributed by atoms with E-state index in [1.165, 1.54) is 18.6 Å². The first-order chi connectivity index (χ1) is 8.81. The molecular formula is C13H18ClNO2S. The molecule has 18 heavy (non-hydrogen) atoms. The number of rotatable bonds is 7. The van der Waals surface area contributed by atoms with E-state index in [-0.39, 0.29) is 6.79 Å². The van der Waals surface area contributed by atoms with Gasteiger partial charge in [0.15, 0.2) is 11.5 Å². The van der Waals surface area contributed by atoms with Crippen LogP contribution in [-0.2, 0) is 6.54 Å². The zero-order valence-corrected chi connectivity index (χ0v) is 12.1. The Morgan fingerprint density at radius 3 is 3.06 bits per heavy atom. The third-order valence-corrected chi connectivity index (χ3v) is 3.75. The van der Waals surface area contributed by atoms with E-state index in [1.54, 1.807) is 0 Å². The van der Waals surface area contributed by atoms with E-state index >= 15 is 0 Å². The second-order valence-electron chi connectivity index (χ2n) is 4.19. The summed E-state index contributed by atoms with van der Waals surface area (Å²) in [5.74, 6) is 2.65. The van der Waals surface area contributed by atoms with Crippen molar-refractivity contribution < 1.29 is 9.47 Å². The summed E-state index contributed by atoms with van der Waals surface area (Å²) in [7, 11) is 0. The molecule has 0 atom stereocenters. The molecule has 100 valence electrons. The van der Waals surface area contributed by atoms with E-state index in [0.717, 1.165) is 24.4 Å². The summed E-state index contributed by atoms with van der Waals surface area (Å²) in [6, 6.07) is 3.92. The predicted octanol–water partition coefficient (Wildman–Crippen LogP) is 3.30. The van der Waals surface area contributed by atoms with Crippen molar-refractivity contribution in [3.8, 4) is 11.5 Å². The zero-order chi connectivity index (χ0) is 12.8. The number of halogens is 1. The third kappa shape index (κ3) is 3.70. The van der Waals surface area contributed by atoms with Gasteiger partial charge in [0, 0.05) is 6.54 Å². The molecule has 5 heteroatoms. The molecule has 0 spiro atoms. The van der Waals surface area contributed by atoms with Crippen molar-refractivity contribution >= 4 is 23.4 Å². The molecule has 0 bridgehead atoms. The lowest BCUT2D eigenvalue weighted by Crippen LogP contribution is -2.14. The molecule has 1 aliphatic heterocycles. The average Bonchev–Trinajstić information content (AvgIpc) is 2.82. The topological polar surface area (TPSA) is 30.5 Å². The molecule has 0 aliphatic carbocycles. The van der Waals surface area contributed by atoms with Crippen LogP contribution in [0.4, 0.5) is 0 Å². The Balaban J connectivity index is 1.78. The average molecular weight is 288 g/mol. The lowest BCUT2D eigenvalue weighted by Gasteiger charge is -2.07. The summed E-state index contributed by atoms with van der Waals surface area (Å²) in [5.41, 5.74) is 1.13. The van der Waals surface area contributed by atoms with Crippen LogP contribution in [0.2, 0.25) is 5.02 Å². The number of unbranched alkanes of at least 4 members (excludes halogenated alkanes) is 1. The van der Waals surface area contributed by atoms with Gasteiger partial charge in [-0.1, -0.05) is 11.6 Å². The van der Waals surface area contributed by atoms with E-state index in [2.05, 4.69) is 11.6 Å². The first kappa shape index (κ1) is 13.8. The Bertz CT molecular complexity index is 401. The van der Waals surface area contributed by atoms with Crippen molar-refractivity contribution in [1.29, 1.82) is 0 Å². The Labute approximate surface area is 117 Å². The molecule has 3 nitrogen and oxygen atoms in total. The lowest BCUT2D eigenvalue weighted by molar-refractivity contribution is 0.174. The van der Waals surface area contributed by atoms with Crippen molar-refractivity contribution in [3.63, 3.8) is 0 Å². The molecule has 1 aromatic rings. The highest BCUT2D eigenvalue weighted by atomic mass is 35.5. The van der Waals surface area contributed by atoms with Crippen molar-refractivity contribution in [2.45, 2.75) is 19.4 Å². The Hall–Kier alpha value is -0.580. The van der Waals surface area contributed by atoms with Crippen LogP contribution in [0.25, 0.3) is 0 Å². The highest BCUT2D eigenvalue weighted by molar-refractivity contribution is 7.98. The van der Waals surface area contributed by atoms with Crippen LogP contribution in [0.1, 0.15) is 18.4 Å². The fourth-order valence-electron chi connectivity index (χ4n) is 1.85. The van der Waals surface area contributed by atoms with Gasteiger partial charge in [0.2, 0.25) is 6.79 Å². The highest BCUT2D eigenvalue weighted by Crippen LogP contribution is 2.39. The predicted molar refractivity (Wildman–Crippen MR) is 76.9 cm³/mol. The number of hydrogen-bond acceptors (Lipinski definition) is 4. The quantitative estimate of drug-likeness (QED) is 0.780. The monoisotopic (exact) mass is 287 g/mol. The van der Waals surface area contributed by atoms with Crippen molar-refractivity contribution in [3.05, 3.63) is 22.7 Å². The van der Waals surface area contributed by atoms with Crippen LogP contribution >= 0.6 is 23.4 Å². The van der Waals surface area contributed by atoms with Gasteiger partial charge < -0.3 is 14.8 Å². The molecule has 0 saturated carbocycles. The van der Waals surface area contributed by atoms with Gasteiger partial charge in [-0.2, -0.15) is 11.8 Å². The molecule has 1 N–H and O–H groups in total. The maximum atomic E-state index is 6.12. The molecule has 1 aliphatic rings. The largest absolute Gasteiger partial charge is 0.454 e. The number of nitrogens with one attached hydrogen (secondary N) is 1. The Kier molecular flexibility index (Phi) is 5.47. The maximum absolute atomic E-state index is 6.12. The van der Waals surface area contributed by atoms with Gasteiger partial charge in [0.25, 0.3) is 0 Å². The van der Waals surface area contributed by atoms with Crippen LogP contribution in [0.3, 0.4) is 0 Å². The van der Waals surface area contributed by atoms with Gasteiger partial charge in [-0.25, -0.2) is 0 Å². The number of benzene rings is 1. The normalized spacial score (nSPS) is 13.0. The second kappa shape index (κ2) is 7.12. The van der Waals surface area contributed by atoms with Crippen LogP contribution in [0, 0.1) is 0 Å². The SMILES string of the molecule is CSCCCCNCc1cc(Cl)c2c(c1)OCO2. The molecule has 1 heterocycles. The standard InChI is InChI=1S/C13H18ClNO2S/c1-18-5-3-2-4-15-8-10-6-11(14)13-12(7-10)16-9-17-13/h6-7,15H,2-5,8-9H2,1H3. The maximum Gasteiger partial charge on any atom is 0.231 e. The van der Waals surface area contributed by atoms with Crippen LogP contribution in [0.15, 0.2) is 12.1 Å². The van der Waals surface area contributed by atoms with E-state index < -0.39 is 0 Å². The molecule has 0 amide bonds. The number of ether oxygens (including phenoxy) is 2. The molecule has 0 fully saturated rings. The smallest absolute Gasteiger partial charge is 0.231 e. The molecule has 0 unspecified atom stereocenters. The van der Waals surface area contributed by atoms with Gasteiger partial charge in [-0.05, 0) is 49.1 Å². The number of fused-ring (bicyclic) bond motifs is 1. The molecule has 0 radical (unpaired) electrons.